The first-order chi connectivity index (χ1) is 9.11. The fraction of sp³-hybridized carbons (Fsp3) is 0.786. The van der Waals surface area contributed by atoms with Gasteiger partial charge < -0.3 is 4.74 Å². The van der Waals surface area contributed by atoms with Gasteiger partial charge in [-0.25, -0.2) is 4.98 Å². The van der Waals surface area contributed by atoms with E-state index in [2.05, 4.69) is 29.1 Å². The molecule has 2 atom stereocenters. The number of alkyl halides is 1. The van der Waals surface area contributed by atoms with Crippen LogP contribution in [0.25, 0.3) is 0 Å². The zero-order valence-electron chi connectivity index (χ0n) is 12.0. The van der Waals surface area contributed by atoms with Gasteiger partial charge in [0.15, 0.2) is 0 Å². The second-order valence-corrected chi connectivity index (χ2v) is 6.62. The first kappa shape index (κ1) is 15.2. The van der Waals surface area contributed by atoms with Crippen molar-refractivity contribution in [1.29, 1.82) is 0 Å². The predicted molar refractivity (Wildman–Crippen MR) is 80.9 cm³/mol. The number of likely N-dealkylation sites (tertiary alicyclic amines) is 1. The van der Waals surface area contributed by atoms with Crippen LogP contribution >= 0.6 is 22.9 Å². The van der Waals surface area contributed by atoms with Gasteiger partial charge in [-0.05, 0) is 32.7 Å². The van der Waals surface area contributed by atoms with E-state index >= 15 is 0 Å². The topological polar surface area (TPSA) is 25.4 Å². The minimum atomic E-state index is -0.0156. The van der Waals surface area contributed by atoms with Crippen LogP contribution in [0.4, 0.5) is 0 Å². The summed E-state index contributed by atoms with van der Waals surface area (Å²) in [6.07, 6.45) is 3.41. The van der Waals surface area contributed by atoms with Crippen LogP contribution in [-0.4, -0.2) is 35.7 Å². The summed E-state index contributed by atoms with van der Waals surface area (Å²) in [5, 5.41) is 3.27. The lowest BCUT2D eigenvalue weighted by Crippen LogP contribution is -2.48. The van der Waals surface area contributed by atoms with Crippen molar-refractivity contribution in [2.24, 2.45) is 0 Å². The van der Waals surface area contributed by atoms with Gasteiger partial charge in [-0.2, -0.15) is 0 Å². The van der Waals surface area contributed by atoms with Crippen LogP contribution in [-0.2, 0) is 10.6 Å². The average molecular weight is 303 g/mol. The van der Waals surface area contributed by atoms with E-state index in [9.17, 15) is 0 Å². The molecule has 1 aromatic rings. The summed E-state index contributed by atoms with van der Waals surface area (Å²) in [6.45, 7) is 6.55. The normalized spacial score (nSPS) is 26.5. The number of halogens is 1. The highest BCUT2D eigenvalue weighted by Crippen LogP contribution is 2.33. The molecule has 3 nitrogen and oxygen atoms in total. The molecule has 1 aromatic heterocycles. The third kappa shape index (κ3) is 3.48. The molecule has 0 aromatic carbocycles. The van der Waals surface area contributed by atoms with E-state index in [0.29, 0.717) is 11.9 Å². The Kier molecular flexibility index (Phi) is 5.23. The van der Waals surface area contributed by atoms with Crippen LogP contribution in [0.5, 0.6) is 0 Å². The third-order valence-corrected chi connectivity index (χ3v) is 5.27. The molecule has 0 spiro atoms. The van der Waals surface area contributed by atoms with Gasteiger partial charge in [-0.1, -0.05) is 6.92 Å². The lowest BCUT2D eigenvalue weighted by molar-refractivity contribution is -0.0621. The summed E-state index contributed by atoms with van der Waals surface area (Å²) in [6, 6.07) is 0.400. The van der Waals surface area contributed by atoms with Crippen molar-refractivity contribution in [3.8, 4) is 0 Å². The van der Waals surface area contributed by atoms with E-state index < -0.39 is 0 Å². The Morgan fingerprint density at radius 3 is 3.00 bits per heavy atom. The van der Waals surface area contributed by atoms with Crippen LogP contribution in [0.1, 0.15) is 49.9 Å². The molecule has 2 unspecified atom stereocenters. The zero-order chi connectivity index (χ0) is 13.9. The van der Waals surface area contributed by atoms with Crippen LogP contribution < -0.4 is 0 Å². The van der Waals surface area contributed by atoms with Gasteiger partial charge in [-0.15, -0.1) is 22.9 Å². The fourth-order valence-electron chi connectivity index (χ4n) is 2.80. The van der Waals surface area contributed by atoms with Gasteiger partial charge in [0.1, 0.15) is 5.01 Å². The maximum atomic E-state index is 5.85. The van der Waals surface area contributed by atoms with Gasteiger partial charge in [0.2, 0.25) is 0 Å². The van der Waals surface area contributed by atoms with Gasteiger partial charge in [0.25, 0.3) is 0 Å². The predicted octanol–water partition coefficient (Wildman–Crippen LogP) is 3.83. The van der Waals surface area contributed by atoms with E-state index in [1.54, 1.807) is 11.3 Å². The number of hydrogen-bond donors (Lipinski definition) is 0. The Morgan fingerprint density at radius 2 is 2.42 bits per heavy atom. The summed E-state index contributed by atoms with van der Waals surface area (Å²) < 4.78 is 5.69. The van der Waals surface area contributed by atoms with Gasteiger partial charge in [0.05, 0.1) is 23.2 Å². The quantitative estimate of drug-likeness (QED) is 0.773. The lowest BCUT2D eigenvalue weighted by Gasteiger charge is -2.42. The lowest BCUT2D eigenvalue weighted by atomic mass is 9.93. The minimum absolute atomic E-state index is 0.0156. The molecule has 5 heteroatoms. The summed E-state index contributed by atoms with van der Waals surface area (Å²) in [7, 11) is 1.82. The molecule has 1 aliphatic heterocycles. The van der Waals surface area contributed by atoms with Crippen LogP contribution in [0.2, 0.25) is 0 Å². The number of thiazole rings is 1. The molecule has 1 aliphatic rings. The van der Waals surface area contributed by atoms with E-state index in [4.69, 9.17) is 16.3 Å². The molecule has 19 heavy (non-hydrogen) atoms. The maximum absolute atomic E-state index is 5.85. The van der Waals surface area contributed by atoms with Crippen LogP contribution in [0.15, 0.2) is 5.38 Å². The number of ether oxygens (including phenoxy) is 1. The van der Waals surface area contributed by atoms with E-state index in [1.807, 2.05) is 7.11 Å². The number of rotatable bonds is 5. The van der Waals surface area contributed by atoms with Crippen LogP contribution in [0.3, 0.4) is 0 Å². The average Bonchev–Trinajstić information content (AvgIpc) is 2.89. The SMILES string of the molecule is CCC(c1nc(CCl)cs1)N1CCCC(C)(OC)C1. The number of methoxy groups -OCH3 is 1. The molecule has 0 radical (unpaired) electrons. The second kappa shape index (κ2) is 6.53. The summed E-state index contributed by atoms with van der Waals surface area (Å²) in [4.78, 5) is 7.17. The molecule has 1 fully saturated rings. The molecule has 0 N–H and O–H groups in total. The Hall–Kier alpha value is -0.160. The largest absolute Gasteiger partial charge is 0.377 e. The third-order valence-electron chi connectivity index (χ3n) is 4.00. The van der Waals surface area contributed by atoms with Gasteiger partial charge in [-0.3, -0.25) is 4.90 Å². The molecule has 0 saturated carbocycles. The highest BCUT2D eigenvalue weighted by molar-refractivity contribution is 7.09. The Balaban J connectivity index is 2.12. The molecular weight excluding hydrogens is 280 g/mol. The molecule has 1 saturated heterocycles. The number of nitrogens with zero attached hydrogens (tertiary/aromatic N) is 2. The molecule has 0 aliphatic carbocycles. The molecule has 2 heterocycles. The van der Waals surface area contributed by atoms with E-state index in [1.165, 1.54) is 11.4 Å². The molecule has 0 amide bonds. The van der Waals surface area contributed by atoms with Crippen molar-refractivity contribution >= 4 is 22.9 Å². The number of hydrogen-bond acceptors (Lipinski definition) is 4. The smallest absolute Gasteiger partial charge is 0.110 e. The first-order valence-corrected chi connectivity index (χ1v) is 8.32. The van der Waals surface area contributed by atoms with E-state index in [0.717, 1.165) is 31.6 Å². The molecule has 0 bridgehead atoms. The summed E-state index contributed by atoms with van der Waals surface area (Å²) >= 11 is 7.58. The number of piperidine rings is 1. The van der Waals surface area contributed by atoms with Gasteiger partial charge >= 0.3 is 0 Å². The zero-order valence-corrected chi connectivity index (χ0v) is 13.6. The summed E-state index contributed by atoms with van der Waals surface area (Å²) in [5.74, 6) is 0.503. The molecule has 2 rings (SSSR count). The fourth-order valence-corrected chi connectivity index (χ4v) is 4.07. The highest BCUT2D eigenvalue weighted by Gasteiger charge is 2.34. The summed E-state index contributed by atoms with van der Waals surface area (Å²) in [5.41, 5.74) is 0.977. The Morgan fingerprint density at radius 1 is 1.63 bits per heavy atom. The Bertz CT molecular complexity index is 412. The van der Waals surface area contributed by atoms with Crippen molar-refractivity contribution in [2.45, 2.75) is 50.6 Å². The molecule has 108 valence electrons. The van der Waals surface area contributed by atoms with Crippen molar-refractivity contribution in [3.05, 3.63) is 16.1 Å². The highest BCUT2D eigenvalue weighted by atomic mass is 35.5. The first-order valence-electron chi connectivity index (χ1n) is 6.91. The van der Waals surface area contributed by atoms with Crippen molar-refractivity contribution in [1.82, 2.24) is 9.88 Å². The Labute approximate surface area is 124 Å². The van der Waals surface area contributed by atoms with Crippen molar-refractivity contribution < 1.29 is 4.74 Å². The second-order valence-electron chi connectivity index (χ2n) is 5.46. The van der Waals surface area contributed by atoms with Crippen molar-refractivity contribution in [3.63, 3.8) is 0 Å². The van der Waals surface area contributed by atoms with Gasteiger partial charge in [0, 0.05) is 19.0 Å². The standard InChI is InChI=1S/C14H23ClN2OS/c1-4-12(13-16-11(8-15)9-19-13)17-7-5-6-14(2,10-17)18-3/h9,12H,4-8,10H2,1-3H3. The van der Waals surface area contributed by atoms with Crippen molar-refractivity contribution in [2.75, 3.05) is 20.2 Å². The minimum Gasteiger partial charge on any atom is -0.377 e. The number of aromatic nitrogens is 1. The van der Waals surface area contributed by atoms with E-state index in [-0.39, 0.29) is 5.60 Å². The van der Waals surface area contributed by atoms with Crippen LogP contribution in [0, 0.1) is 0 Å². The maximum Gasteiger partial charge on any atom is 0.110 e. The monoisotopic (exact) mass is 302 g/mol. The molecular formula is C14H23ClN2OS.